The normalized spacial score (nSPS) is 10.3. The lowest BCUT2D eigenvalue weighted by Gasteiger charge is -2.09. The van der Waals surface area contributed by atoms with Crippen molar-refractivity contribution in [3.05, 3.63) is 59.9 Å². The molecular weight excluding hydrogens is 326 g/mol. The molecule has 0 spiro atoms. The van der Waals surface area contributed by atoms with Gasteiger partial charge in [-0.15, -0.1) is 0 Å². The molecule has 0 aliphatic heterocycles. The Hall–Kier alpha value is -2.69. The smallest absolute Gasteiger partial charge is 0.255 e. The van der Waals surface area contributed by atoms with E-state index in [0.717, 1.165) is 18.4 Å². The van der Waals surface area contributed by atoms with E-state index in [2.05, 4.69) is 22.5 Å². The molecule has 26 heavy (non-hydrogen) atoms. The van der Waals surface area contributed by atoms with E-state index in [1.54, 1.807) is 24.5 Å². The number of unbranched alkanes of at least 4 members (excludes halogenated alkanes) is 4. The van der Waals surface area contributed by atoms with Gasteiger partial charge in [-0.3, -0.25) is 14.6 Å². The zero-order chi connectivity index (χ0) is 18.6. The lowest BCUT2D eigenvalue weighted by Crippen LogP contribution is -2.22. The van der Waals surface area contributed by atoms with Crippen LogP contribution in [0.15, 0.2) is 48.8 Å². The highest BCUT2D eigenvalue weighted by molar-refractivity contribution is 6.04. The third-order valence-electron chi connectivity index (χ3n) is 4.12. The topological polar surface area (TPSA) is 71.1 Å². The van der Waals surface area contributed by atoms with Crippen LogP contribution in [0.2, 0.25) is 0 Å². The average molecular weight is 353 g/mol. The highest BCUT2D eigenvalue weighted by Crippen LogP contribution is 2.12. The number of aromatic nitrogens is 1. The molecule has 1 heterocycles. The summed E-state index contributed by atoms with van der Waals surface area (Å²) in [6.07, 6.45) is 9.43. The highest BCUT2D eigenvalue weighted by atomic mass is 16.2. The van der Waals surface area contributed by atoms with Crippen molar-refractivity contribution < 1.29 is 9.59 Å². The van der Waals surface area contributed by atoms with Crippen molar-refractivity contribution in [2.45, 2.75) is 52.0 Å². The van der Waals surface area contributed by atoms with Gasteiger partial charge >= 0.3 is 0 Å². The summed E-state index contributed by atoms with van der Waals surface area (Å²) in [6, 6.07) is 10.8. The third kappa shape index (κ3) is 7.05. The third-order valence-corrected chi connectivity index (χ3v) is 4.12. The van der Waals surface area contributed by atoms with Crippen LogP contribution >= 0.6 is 0 Å². The maximum atomic E-state index is 12.2. The van der Waals surface area contributed by atoms with Crippen molar-refractivity contribution in [1.29, 1.82) is 0 Å². The van der Waals surface area contributed by atoms with Gasteiger partial charge in [-0.2, -0.15) is 0 Å². The van der Waals surface area contributed by atoms with E-state index in [1.165, 1.54) is 19.3 Å². The Morgan fingerprint density at radius 1 is 1.00 bits per heavy atom. The Balaban J connectivity index is 1.78. The molecule has 0 atom stereocenters. The standard InChI is InChI=1S/C21H27N3O2/c1-2-3-4-5-6-10-20(25)23-16-17-8-7-9-19(15-17)24-21(26)18-11-13-22-14-12-18/h7-9,11-15H,2-6,10,16H2,1H3,(H,23,25)(H,24,26). The van der Waals surface area contributed by atoms with Crippen LogP contribution in [0.25, 0.3) is 0 Å². The van der Waals surface area contributed by atoms with Gasteiger partial charge in [0.05, 0.1) is 0 Å². The van der Waals surface area contributed by atoms with Crippen LogP contribution in [-0.4, -0.2) is 16.8 Å². The van der Waals surface area contributed by atoms with Gasteiger partial charge in [0.25, 0.3) is 5.91 Å². The molecule has 1 aromatic heterocycles. The average Bonchev–Trinajstić information content (AvgIpc) is 2.67. The fourth-order valence-electron chi connectivity index (χ4n) is 2.64. The molecule has 0 aliphatic rings. The van der Waals surface area contributed by atoms with Crippen LogP contribution in [-0.2, 0) is 11.3 Å². The van der Waals surface area contributed by atoms with Gasteiger partial charge in [-0.1, -0.05) is 44.7 Å². The molecule has 0 aliphatic carbocycles. The lowest BCUT2D eigenvalue weighted by molar-refractivity contribution is -0.121. The molecule has 1 aromatic carbocycles. The SMILES string of the molecule is CCCCCCCC(=O)NCc1cccc(NC(=O)c2ccncc2)c1. The number of nitrogens with zero attached hydrogens (tertiary/aromatic N) is 1. The number of carbonyl (C=O) groups excluding carboxylic acids is 2. The first kappa shape index (κ1) is 19.6. The van der Waals surface area contributed by atoms with E-state index in [4.69, 9.17) is 0 Å². The summed E-state index contributed by atoms with van der Waals surface area (Å²) in [4.78, 5) is 28.0. The first-order chi connectivity index (χ1) is 12.7. The summed E-state index contributed by atoms with van der Waals surface area (Å²) in [7, 11) is 0. The Kier molecular flexibility index (Phi) is 8.33. The Morgan fingerprint density at radius 3 is 2.54 bits per heavy atom. The van der Waals surface area contributed by atoms with E-state index < -0.39 is 0 Å². The van der Waals surface area contributed by atoms with Crippen LogP contribution in [0.5, 0.6) is 0 Å². The fraction of sp³-hybridized carbons (Fsp3) is 0.381. The maximum Gasteiger partial charge on any atom is 0.255 e. The fourth-order valence-corrected chi connectivity index (χ4v) is 2.64. The summed E-state index contributed by atoms with van der Waals surface area (Å²) < 4.78 is 0. The molecule has 2 amide bonds. The minimum Gasteiger partial charge on any atom is -0.352 e. The Bertz CT molecular complexity index is 701. The molecule has 2 rings (SSSR count). The molecule has 5 nitrogen and oxygen atoms in total. The summed E-state index contributed by atoms with van der Waals surface area (Å²) in [6.45, 7) is 2.65. The minimum absolute atomic E-state index is 0.0766. The van der Waals surface area contributed by atoms with Crippen LogP contribution < -0.4 is 10.6 Å². The number of amides is 2. The molecule has 0 saturated carbocycles. The second kappa shape index (κ2) is 11.0. The largest absolute Gasteiger partial charge is 0.352 e. The number of anilines is 1. The van der Waals surface area contributed by atoms with Crippen molar-refractivity contribution in [3.8, 4) is 0 Å². The number of hydrogen-bond donors (Lipinski definition) is 2. The predicted molar refractivity (Wildman–Crippen MR) is 104 cm³/mol. The van der Waals surface area contributed by atoms with Gasteiger partial charge in [0.1, 0.15) is 0 Å². The van der Waals surface area contributed by atoms with Gasteiger partial charge in [-0.05, 0) is 36.2 Å². The molecule has 0 fully saturated rings. The molecule has 2 N–H and O–H groups in total. The lowest BCUT2D eigenvalue weighted by atomic mass is 10.1. The Morgan fingerprint density at radius 2 is 1.77 bits per heavy atom. The molecule has 0 bridgehead atoms. The zero-order valence-electron chi connectivity index (χ0n) is 15.3. The van der Waals surface area contributed by atoms with E-state index >= 15 is 0 Å². The van der Waals surface area contributed by atoms with E-state index in [-0.39, 0.29) is 11.8 Å². The second-order valence-corrected chi connectivity index (χ2v) is 6.33. The number of carbonyl (C=O) groups is 2. The van der Waals surface area contributed by atoms with Crippen LogP contribution in [0.3, 0.4) is 0 Å². The van der Waals surface area contributed by atoms with Crippen molar-refractivity contribution in [2.24, 2.45) is 0 Å². The monoisotopic (exact) mass is 353 g/mol. The van der Waals surface area contributed by atoms with Crippen LogP contribution in [0, 0.1) is 0 Å². The van der Waals surface area contributed by atoms with E-state index in [0.29, 0.717) is 24.2 Å². The molecule has 5 heteroatoms. The van der Waals surface area contributed by atoms with Crippen LogP contribution in [0.1, 0.15) is 61.4 Å². The first-order valence-electron chi connectivity index (χ1n) is 9.26. The van der Waals surface area contributed by atoms with Gasteiger partial charge in [-0.25, -0.2) is 0 Å². The highest BCUT2D eigenvalue weighted by Gasteiger charge is 2.06. The van der Waals surface area contributed by atoms with Crippen LogP contribution in [0.4, 0.5) is 5.69 Å². The molecule has 2 aromatic rings. The predicted octanol–water partition coefficient (Wildman–Crippen LogP) is 4.31. The number of rotatable bonds is 10. The number of nitrogens with one attached hydrogen (secondary N) is 2. The van der Waals surface area contributed by atoms with Crippen molar-refractivity contribution in [2.75, 3.05) is 5.32 Å². The number of pyridine rings is 1. The Labute approximate surface area is 155 Å². The number of benzene rings is 1. The van der Waals surface area contributed by atoms with Gasteiger partial charge in [0.2, 0.25) is 5.91 Å². The van der Waals surface area contributed by atoms with E-state index in [1.807, 2.05) is 24.3 Å². The van der Waals surface area contributed by atoms with Crippen molar-refractivity contribution in [3.63, 3.8) is 0 Å². The maximum absolute atomic E-state index is 12.2. The van der Waals surface area contributed by atoms with Gasteiger partial charge in [0, 0.05) is 36.6 Å². The molecule has 0 radical (unpaired) electrons. The van der Waals surface area contributed by atoms with Crippen molar-refractivity contribution >= 4 is 17.5 Å². The molecule has 0 unspecified atom stereocenters. The van der Waals surface area contributed by atoms with Crippen molar-refractivity contribution in [1.82, 2.24) is 10.3 Å². The molecule has 138 valence electrons. The second-order valence-electron chi connectivity index (χ2n) is 6.33. The molecular formula is C21H27N3O2. The van der Waals surface area contributed by atoms with Gasteiger partial charge in [0.15, 0.2) is 0 Å². The summed E-state index contributed by atoms with van der Waals surface area (Å²) in [5.74, 6) is -0.103. The number of hydrogen-bond acceptors (Lipinski definition) is 3. The molecule has 0 saturated heterocycles. The minimum atomic E-state index is -0.180. The van der Waals surface area contributed by atoms with E-state index in [9.17, 15) is 9.59 Å². The first-order valence-corrected chi connectivity index (χ1v) is 9.26. The summed E-state index contributed by atoms with van der Waals surface area (Å²) in [5.41, 5.74) is 2.22. The quantitative estimate of drug-likeness (QED) is 0.625. The summed E-state index contributed by atoms with van der Waals surface area (Å²) >= 11 is 0. The zero-order valence-corrected chi connectivity index (χ0v) is 15.3. The van der Waals surface area contributed by atoms with Gasteiger partial charge < -0.3 is 10.6 Å². The summed E-state index contributed by atoms with van der Waals surface area (Å²) in [5, 5.41) is 5.80.